The molecule has 0 saturated carbocycles. The molecule has 0 aliphatic rings. The van der Waals surface area contributed by atoms with Crippen LogP contribution in [0.2, 0.25) is 0 Å². The van der Waals surface area contributed by atoms with Crippen molar-refractivity contribution in [3.63, 3.8) is 0 Å². The van der Waals surface area contributed by atoms with E-state index in [2.05, 4.69) is 16.9 Å². The number of nitrogens with one attached hydrogen (secondary N) is 1. The summed E-state index contributed by atoms with van der Waals surface area (Å²) in [6, 6.07) is 1.50. The Kier molecular flexibility index (Phi) is 6.34. The number of amides is 1. The van der Waals surface area contributed by atoms with Crippen LogP contribution in [0, 0.1) is 6.92 Å². The van der Waals surface area contributed by atoms with Gasteiger partial charge in [-0.1, -0.05) is 6.08 Å². The Balaban J connectivity index is 3.09. The quantitative estimate of drug-likeness (QED) is 0.767. The van der Waals surface area contributed by atoms with Crippen molar-refractivity contribution >= 4 is 17.7 Å². The van der Waals surface area contributed by atoms with Crippen LogP contribution in [0.5, 0.6) is 5.88 Å². The molecule has 1 aromatic heterocycles. The van der Waals surface area contributed by atoms with Crippen LogP contribution in [-0.2, 0) is 4.74 Å². The van der Waals surface area contributed by atoms with E-state index in [1.165, 1.54) is 6.07 Å². The van der Waals surface area contributed by atoms with Gasteiger partial charge in [-0.2, -0.15) is 0 Å². The number of aryl methyl sites for hydroxylation is 1. The summed E-state index contributed by atoms with van der Waals surface area (Å²) in [5.41, 5.74) is -0.355. The molecule has 0 aliphatic carbocycles. The summed E-state index contributed by atoms with van der Waals surface area (Å²) in [4.78, 5) is 27.3. The number of rotatable bonds is 6. The van der Waals surface area contributed by atoms with Crippen LogP contribution in [-0.4, -0.2) is 33.9 Å². The number of anilines is 1. The Morgan fingerprint density at radius 3 is 2.58 bits per heavy atom. The van der Waals surface area contributed by atoms with Gasteiger partial charge in [0.25, 0.3) is 0 Å². The van der Waals surface area contributed by atoms with Crippen molar-refractivity contribution in [2.45, 2.75) is 52.7 Å². The number of carbonyl (C=O) groups excluding carboxylic acids is 1. The third-order valence-corrected chi connectivity index (χ3v) is 2.82. The Labute approximate surface area is 141 Å². The van der Waals surface area contributed by atoms with E-state index in [9.17, 15) is 14.7 Å². The maximum absolute atomic E-state index is 11.9. The van der Waals surface area contributed by atoms with E-state index in [1.54, 1.807) is 33.8 Å². The lowest BCUT2D eigenvalue weighted by Gasteiger charge is -2.20. The van der Waals surface area contributed by atoms with E-state index in [0.717, 1.165) is 0 Å². The second kappa shape index (κ2) is 7.81. The van der Waals surface area contributed by atoms with Crippen molar-refractivity contribution in [2.24, 2.45) is 0 Å². The largest absolute Gasteiger partial charge is 0.476 e. The van der Waals surface area contributed by atoms with Crippen molar-refractivity contribution in [1.82, 2.24) is 4.98 Å². The van der Waals surface area contributed by atoms with E-state index in [4.69, 9.17) is 9.47 Å². The van der Waals surface area contributed by atoms with Gasteiger partial charge in [-0.05, 0) is 40.7 Å². The number of pyridine rings is 1. The van der Waals surface area contributed by atoms with Crippen LogP contribution in [0.15, 0.2) is 18.7 Å². The minimum absolute atomic E-state index is 0.0537. The molecule has 1 atom stereocenters. The number of ether oxygens (including phenoxy) is 2. The number of aromatic nitrogens is 1. The predicted octanol–water partition coefficient (Wildman–Crippen LogP) is 3.78. The molecule has 2 N–H and O–H groups in total. The number of hydrogen-bond acceptors (Lipinski definition) is 5. The zero-order valence-electron chi connectivity index (χ0n) is 14.7. The number of carboxylic acid groups (broad SMARTS) is 1. The molecule has 1 heterocycles. The van der Waals surface area contributed by atoms with Crippen molar-refractivity contribution in [3.05, 3.63) is 30.0 Å². The van der Waals surface area contributed by atoms with E-state index < -0.39 is 17.7 Å². The van der Waals surface area contributed by atoms with Crippen molar-refractivity contribution in [1.29, 1.82) is 0 Å². The van der Waals surface area contributed by atoms with Crippen LogP contribution in [0.25, 0.3) is 0 Å². The van der Waals surface area contributed by atoms with Crippen LogP contribution in [0.4, 0.5) is 10.5 Å². The highest BCUT2D eigenvalue weighted by Crippen LogP contribution is 2.25. The Bertz CT molecular complexity index is 635. The van der Waals surface area contributed by atoms with Crippen LogP contribution in [0.1, 0.15) is 50.2 Å². The fraction of sp³-hybridized carbons (Fsp3) is 0.471. The molecule has 132 valence electrons. The van der Waals surface area contributed by atoms with Gasteiger partial charge in [-0.3, -0.25) is 5.32 Å². The first-order valence-electron chi connectivity index (χ1n) is 7.56. The molecule has 0 bridgehead atoms. The molecular formula is C17H24N2O5. The molecule has 1 amide bonds. The second-order valence-electron chi connectivity index (χ2n) is 6.39. The van der Waals surface area contributed by atoms with Crippen molar-refractivity contribution < 1.29 is 24.2 Å². The zero-order valence-corrected chi connectivity index (χ0v) is 14.7. The van der Waals surface area contributed by atoms with Gasteiger partial charge >= 0.3 is 12.1 Å². The summed E-state index contributed by atoms with van der Waals surface area (Å²) >= 11 is 0. The molecule has 1 aromatic rings. The summed E-state index contributed by atoms with van der Waals surface area (Å²) in [7, 11) is 0. The van der Waals surface area contributed by atoms with Gasteiger partial charge in [0.05, 0.1) is 5.69 Å². The lowest BCUT2D eigenvalue weighted by atomic mass is 10.2. The van der Waals surface area contributed by atoms with E-state index >= 15 is 0 Å². The van der Waals surface area contributed by atoms with E-state index in [1.807, 2.05) is 6.92 Å². The number of carbonyl (C=O) groups is 2. The summed E-state index contributed by atoms with van der Waals surface area (Å²) in [5.74, 6) is -1.07. The fourth-order valence-corrected chi connectivity index (χ4v) is 1.86. The van der Waals surface area contributed by atoms with Gasteiger partial charge in [0.2, 0.25) is 5.88 Å². The van der Waals surface area contributed by atoms with Crippen molar-refractivity contribution in [3.8, 4) is 5.88 Å². The molecule has 24 heavy (non-hydrogen) atoms. The maximum Gasteiger partial charge on any atom is 0.412 e. The van der Waals surface area contributed by atoms with Gasteiger partial charge in [-0.15, -0.1) is 6.58 Å². The highest BCUT2D eigenvalue weighted by molar-refractivity contribution is 5.97. The predicted molar refractivity (Wildman–Crippen MR) is 90.7 cm³/mol. The normalized spacial score (nSPS) is 12.2. The van der Waals surface area contributed by atoms with Crippen LogP contribution < -0.4 is 10.1 Å². The molecule has 7 nitrogen and oxygen atoms in total. The first kappa shape index (κ1) is 19.5. The summed E-state index contributed by atoms with van der Waals surface area (Å²) in [5, 5.41) is 11.8. The lowest BCUT2D eigenvalue weighted by Crippen LogP contribution is -2.28. The SMILES string of the molecule is C=CC[C@@H](C)Oc1nc(C(=O)O)c(NC(=O)OC(C)(C)C)cc1C. The van der Waals surface area contributed by atoms with E-state index in [-0.39, 0.29) is 23.4 Å². The topological polar surface area (TPSA) is 97.8 Å². The third-order valence-electron chi connectivity index (χ3n) is 2.82. The molecule has 0 fully saturated rings. The highest BCUT2D eigenvalue weighted by Gasteiger charge is 2.22. The van der Waals surface area contributed by atoms with Gasteiger partial charge in [0, 0.05) is 12.0 Å². The number of hydrogen-bond donors (Lipinski definition) is 2. The highest BCUT2D eigenvalue weighted by atomic mass is 16.6. The molecule has 0 aromatic carbocycles. The second-order valence-corrected chi connectivity index (χ2v) is 6.39. The van der Waals surface area contributed by atoms with Crippen molar-refractivity contribution in [2.75, 3.05) is 5.32 Å². The first-order chi connectivity index (χ1) is 11.0. The molecule has 7 heteroatoms. The Hall–Kier alpha value is -2.57. The average Bonchev–Trinajstić information content (AvgIpc) is 2.39. The molecule has 0 saturated heterocycles. The van der Waals surface area contributed by atoms with Gasteiger partial charge < -0.3 is 14.6 Å². The molecule has 0 aliphatic heterocycles. The average molecular weight is 336 g/mol. The standard InChI is InChI=1S/C17H24N2O5/c1-7-8-11(3)23-14-10(2)9-12(13(19-14)15(20)21)18-16(22)24-17(4,5)6/h7,9,11H,1,8H2,2-6H3,(H,18,22)(H,20,21)/t11-/m1/s1. The zero-order chi connectivity index (χ0) is 18.5. The molecule has 0 spiro atoms. The maximum atomic E-state index is 11.9. The first-order valence-corrected chi connectivity index (χ1v) is 7.56. The molecular weight excluding hydrogens is 312 g/mol. The third kappa shape index (κ3) is 5.91. The van der Waals surface area contributed by atoms with E-state index in [0.29, 0.717) is 12.0 Å². The molecule has 0 radical (unpaired) electrons. The van der Waals surface area contributed by atoms with Crippen LogP contribution in [0.3, 0.4) is 0 Å². The minimum Gasteiger partial charge on any atom is -0.476 e. The number of aromatic carboxylic acids is 1. The fourth-order valence-electron chi connectivity index (χ4n) is 1.86. The van der Waals surface area contributed by atoms with Gasteiger partial charge in [-0.25, -0.2) is 14.6 Å². The lowest BCUT2D eigenvalue weighted by molar-refractivity contribution is 0.0635. The minimum atomic E-state index is -1.28. The molecule has 0 unspecified atom stereocenters. The summed E-state index contributed by atoms with van der Waals surface area (Å²) < 4.78 is 10.8. The summed E-state index contributed by atoms with van der Waals surface area (Å²) in [6.45, 7) is 12.3. The number of carboxylic acids is 1. The van der Waals surface area contributed by atoms with Gasteiger partial charge in [0.1, 0.15) is 11.7 Å². The monoisotopic (exact) mass is 336 g/mol. The smallest absolute Gasteiger partial charge is 0.412 e. The Morgan fingerprint density at radius 2 is 2.08 bits per heavy atom. The van der Waals surface area contributed by atoms with Gasteiger partial charge in [0.15, 0.2) is 5.69 Å². The van der Waals surface area contributed by atoms with Crippen LogP contribution >= 0.6 is 0 Å². The molecule has 1 rings (SSSR count). The number of nitrogens with zero attached hydrogens (tertiary/aromatic N) is 1. The summed E-state index contributed by atoms with van der Waals surface area (Å²) in [6.07, 6.45) is 1.36. The Morgan fingerprint density at radius 1 is 1.46 bits per heavy atom.